The molecule has 0 unspecified atom stereocenters. The van der Waals surface area contributed by atoms with Crippen molar-refractivity contribution in [2.24, 2.45) is 5.92 Å². The van der Waals surface area contributed by atoms with Crippen LogP contribution in [0.2, 0.25) is 0 Å². The van der Waals surface area contributed by atoms with Gasteiger partial charge in [-0.2, -0.15) is 0 Å². The first-order chi connectivity index (χ1) is 12.4. The molecule has 2 fully saturated rings. The van der Waals surface area contributed by atoms with Crippen LogP contribution in [0.4, 0.5) is 11.4 Å². The van der Waals surface area contributed by atoms with E-state index in [4.69, 9.17) is 4.74 Å². The Bertz CT molecular complexity index is 586. The van der Waals surface area contributed by atoms with Crippen molar-refractivity contribution in [1.29, 1.82) is 0 Å². The third-order valence-electron chi connectivity index (χ3n) is 5.50. The summed E-state index contributed by atoms with van der Waals surface area (Å²) in [7, 11) is 0. The lowest BCUT2D eigenvalue weighted by atomic mass is 9.99. The molecule has 0 saturated carbocycles. The third-order valence-corrected chi connectivity index (χ3v) is 5.50. The first-order valence-electron chi connectivity index (χ1n) is 9.98. The Labute approximate surface area is 157 Å². The molecule has 2 aliphatic rings. The molecular weight excluding hydrogens is 326 g/mol. The van der Waals surface area contributed by atoms with E-state index >= 15 is 0 Å². The molecule has 0 radical (unpaired) electrons. The number of benzene rings is 1. The molecule has 5 nitrogen and oxygen atoms in total. The van der Waals surface area contributed by atoms with E-state index in [9.17, 15) is 4.79 Å². The van der Waals surface area contributed by atoms with Crippen LogP contribution in [0, 0.1) is 5.92 Å². The number of nitrogens with zero attached hydrogens (tertiary/aromatic N) is 2. The van der Waals surface area contributed by atoms with E-state index in [0.29, 0.717) is 13.1 Å². The predicted octanol–water partition coefficient (Wildman–Crippen LogP) is 3.36. The molecule has 0 aromatic heterocycles. The van der Waals surface area contributed by atoms with Gasteiger partial charge in [0.15, 0.2) is 0 Å². The minimum atomic E-state index is -0.241. The fourth-order valence-electron chi connectivity index (χ4n) is 3.98. The smallest absolute Gasteiger partial charge is 0.244 e. The number of hydrogen-bond acceptors (Lipinski definition) is 4. The lowest BCUT2D eigenvalue weighted by Crippen LogP contribution is -2.52. The van der Waals surface area contributed by atoms with Gasteiger partial charge < -0.3 is 19.9 Å². The highest BCUT2D eigenvalue weighted by molar-refractivity contribution is 5.84. The van der Waals surface area contributed by atoms with Crippen LogP contribution in [0.25, 0.3) is 0 Å². The average Bonchev–Trinajstić information content (AvgIpc) is 2.61. The zero-order valence-electron chi connectivity index (χ0n) is 16.6. The quantitative estimate of drug-likeness (QED) is 0.895. The fourth-order valence-corrected chi connectivity index (χ4v) is 3.98. The summed E-state index contributed by atoms with van der Waals surface area (Å²) in [5, 5.41) is 3.36. The van der Waals surface area contributed by atoms with Crippen molar-refractivity contribution < 1.29 is 9.53 Å². The van der Waals surface area contributed by atoms with E-state index < -0.39 is 0 Å². The molecule has 144 valence electrons. The molecule has 2 aliphatic heterocycles. The van der Waals surface area contributed by atoms with Crippen LogP contribution in [-0.2, 0) is 9.53 Å². The minimum absolute atomic E-state index is 0.0986. The summed E-state index contributed by atoms with van der Waals surface area (Å²) >= 11 is 0. The van der Waals surface area contributed by atoms with Gasteiger partial charge in [-0.15, -0.1) is 0 Å². The van der Waals surface area contributed by atoms with Gasteiger partial charge in [0.25, 0.3) is 0 Å². The Balaban J connectivity index is 1.55. The number of rotatable bonds is 4. The fraction of sp³-hybridized carbons (Fsp3) is 0.667. The van der Waals surface area contributed by atoms with Crippen LogP contribution < -0.4 is 10.2 Å². The summed E-state index contributed by atoms with van der Waals surface area (Å²) in [5.74, 6) is 0.978. The molecule has 2 saturated heterocycles. The molecule has 2 heterocycles. The minimum Gasteiger partial charge on any atom is -0.374 e. The molecule has 3 atom stereocenters. The molecule has 0 spiro atoms. The highest BCUT2D eigenvalue weighted by Crippen LogP contribution is 2.24. The first kappa shape index (κ1) is 19.0. The largest absolute Gasteiger partial charge is 0.374 e. The van der Waals surface area contributed by atoms with Crippen LogP contribution in [0.15, 0.2) is 24.3 Å². The zero-order valence-corrected chi connectivity index (χ0v) is 16.6. The van der Waals surface area contributed by atoms with Crippen LogP contribution in [0.1, 0.15) is 40.5 Å². The second kappa shape index (κ2) is 8.30. The first-order valence-corrected chi connectivity index (χ1v) is 9.98. The van der Waals surface area contributed by atoms with Gasteiger partial charge in [0.2, 0.25) is 5.91 Å². The number of ether oxygens (including phenoxy) is 1. The second-order valence-corrected chi connectivity index (χ2v) is 8.08. The van der Waals surface area contributed by atoms with Crippen molar-refractivity contribution in [1.82, 2.24) is 4.90 Å². The van der Waals surface area contributed by atoms with Crippen molar-refractivity contribution in [3.63, 3.8) is 0 Å². The molecule has 1 aromatic rings. The van der Waals surface area contributed by atoms with Crippen LogP contribution in [-0.4, -0.2) is 55.2 Å². The lowest BCUT2D eigenvalue weighted by molar-refractivity contribution is -0.143. The SMILES string of the molecule is CC1CCN(c2ccc(N[C@@H](C)C(=O)N3C[C@@H](C)O[C@@H](C)C3)cc2)CC1. The van der Waals surface area contributed by atoms with E-state index in [-0.39, 0.29) is 24.2 Å². The molecule has 1 aromatic carbocycles. The number of amides is 1. The van der Waals surface area contributed by atoms with Gasteiger partial charge in [0, 0.05) is 37.6 Å². The van der Waals surface area contributed by atoms with Crippen molar-refractivity contribution in [3.8, 4) is 0 Å². The number of carbonyl (C=O) groups excluding carboxylic acids is 1. The highest BCUT2D eigenvalue weighted by atomic mass is 16.5. The van der Waals surface area contributed by atoms with Crippen molar-refractivity contribution >= 4 is 17.3 Å². The zero-order chi connectivity index (χ0) is 18.7. The van der Waals surface area contributed by atoms with Crippen LogP contribution in [0.3, 0.4) is 0 Å². The molecular formula is C21H33N3O2. The summed E-state index contributed by atoms with van der Waals surface area (Å²) in [6, 6.07) is 8.25. The molecule has 3 rings (SSSR count). The summed E-state index contributed by atoms with van der Waals surface area (Å²) in [5.41, 5.74) is 2.27. The maximum absolute atomic E-state index is 12.7. The number of carbonyl (C=O) groups is 1. The summed E-state index contributed by atoms with van der Waals surface area (Å²) < 4.78 is 5.72. The van der Waals surface area contributed by atoms with Crippen LogP contribution in [0.5, 0.6) is 0 Å². The number of piperidine rings is 1. The molecule has 0 aliphatic carbocycles. The summed E-state index contributed by atoms with van der Waals surface area (Å²) in [6.07, 6.45) is 2.73. The monoisotopic (exact) mass is 359 g/mol. The maximum Gasteiger partial charge on any atom is 0.244 e. The van der Waals surface area contributed by atoms with E-state index in [2.05, 4.69) is 41.4 Å². The van der Waals surface area contributed by atoms with Gasteiger partial charge >= 0.3 is 0 Å². The topological polar surface area (TPSA) is 44.8 Å². The maximum atomic E-state index is 12.7. The highest BCUT2D eigenvalue weighted by Gasteiger charge is 2.28. The molecule has 0 bridgehead atoms. The van der Waals surface area contributed by atoms with E-state index in [0.717, 1.165) is 24.7 Å². The van der Waals surface area contributed by atoms with Gasteiger partial charge in [-0.25, -0.2) is 0 Å². The van der Waals surface area contributed by atoms with Gasteiger partial charge in [0.05, 0.1) is 12.2 Å². The van der Waals surface area contributed by atoms with E-state index in [1.807, 2.05) is 25.7 Å². The Morgan fingerprint density at radius 1 is 1.08 bits per heavy atom. The van der Waals surface area contributed by atoms with Gasteiger partial charge in [0.1, 0.15) is 6.04 Å². The molecule has 26 heavy (non-hydrogen) atoms. The average molecular weight is 360 g/mol. The number of morpholine rings is 1. The lowest BCUT2D eigenvalue weighted by Gasteiger charge is -2.36. The Hall–Kier alpha value is -1.75. The van der Waals surface area contributed by atoms with Crippen molar-refractivity contribution in [2.75, 3.05) is 36.4 Å². The number of hydrogen-bond donors (Lipinski definition) is 1. The third kappa shape index (κ3) is 4.70. The summed E-state index contributed by atoms with van der Waals surface area (Å²) in [4.78, 5) is 17.1. The Morgan fingerprint density at radius 3 is 2.23 bits per heavy atom. The second-order valence-electron chi connectivity index (χ2n) is 8.08. The van der Waals surface area contributed by atoms with E-state index in [1.54, 1.807) is 0 Å². The summed E-state index contributed by atoms with van der Waals surface area (Å²) in [6.45, 7) is 11.9. The Morgan fingerprint density at radius 2 is 1.65 bits per heavy atom. The normalized spacial score (nSPS) is 25.8. The molecule has 5 heteroatoms. The molecule has 1 N–H and O–H groups in total. The van der Waals surface area contributed by atoms with Gasteiger partial charge in [-0.1, -0.05) is 6.92 Å². The predicted molar refractivity (Wildman–Crippen MR) is 107 cm³/mol. The van der Waals surface area contributed by atoms with Crippen LogP contribution >= 0.6 is 0 Å². The van der Waals surface area contributed by atoms with Crippen molar-refractivity contribution in [2.45, 2.75) is 58.8 Å². The molecule has 1 amide bonds. The van der Waals surface area contributed by atoms with Gasteiger partial charge in [-0.05, 0) is 63.8 Å². The number of anilines is 2. The van der Waals surface area contributed by atoms with Crippen molar-refractivity contribution in [3.05, 3.63) is 24.3 Å². The number of nitrogens with one attached hydrogen (secondary N) is 1. The Kier molecular flexibility index (Phi) is 6.07. The standard InChI is InChI=1S/C21H33N3O2/c1-15-9-11-23(12-10-15)20-7-5-19(6-8-20)22-18(4)21(25)24-13-16(2)26-17(3)14-24/h5-8,15-18,22H,9-14H2,1-4H3/t16-,17+,18-/m0/s1. The van der Waals surface area contributed by atoms with E-state index in [1.165, 1.54) is 18.5 Å². The van der Waals surface area contributed by atoms with Gasteiger partial charge in [-0.3, -0.25) is 4.79 Å².